The van der Waals surface area contributed by atoms with Crippen molar-refractivity contribution in [3.05, 3.63) is 29.6 Å². The lowest BCUT2D eigenvalue weighted by molar-refractivity contribution is -0.143. The second-order valence-corrected chi connectivity index (χ2v) is 5.86. The third kappa shape index (κ3) is 5.77. The molecule has 0 radical (unpaired) electrons. The van der Waals surface area contributed by atoms with Crippen LogP contribution in [0, 0.1) is 5.82 Å². The summed E-state index contributed by atoms with van der Waals surface area (Å²) in [5, 5.41) is 2.43. The van der Waals surface area contributed by atoms with E-state index >= 15 is 0 Å². The fourth-order valence-corrected chi connectivity index (χ4v) is 1.95. The zero-order valence-electron chi connectivity index (χ0n) is 13.9. The Bertz CT molecular complexity index is 568. The van der Waals surface area contributed by atoms with Crippen molar-refractivity contribution in [1.29, 1.82) is 0 Å². The first-order valence-corrected chi connectivity index (χ1v) is 7.06. The van der Waals surface area contributed by atoms with Gasteiger partial charge in [0.05, 0.1) is 14.2 Å². The Hall–Kier alpha value is -2.31. The number of rotatable bonds is 5. The lowest BCUT2D eigenvalue weighted by Crippen LogP contribution is -2.45. The number of hydrogen-bond acceptors (Lipinski definition) is 5. The van der Waals surface area contributed by atoms with Gasteiger partial charge in [-0.1, -0.05) is 12.1 Å². The van der Waals surface area contributed by atoms with Gasteiger partial charge in [0.25, 0.3) is 0 Å². The van der Waals surface area contributed by atoms with Crippen molar-refractivity contribution in [2.75, 3.05) is 14.2 Å². The zero-order chi connectivity index (χ0) is 17.6. The van der Waals surface area contributed by atoms with Gasteiger partial charge in [0.1, 0.15) is 11.6 Å². The third-order valence-electron chi connectivity index (χ3n) is 2.85. The molecule has 1 aromatic rings. The van der Waals surface area contributed by atoms with Crippen molar-refractivity contribution in [2.45, 2.75) is 38.8 Å². The predicted octanol–water partition coefficient (Wildman–Crippen LogP) is 2.44. The van der Waals surface area contributed by atoms with E-state index in [1.807, 2.05) is 0 Å². The molecule has 0 aliphatic rings. The lowest BCUT2D eigenvalue weighted by Gasteiger charge is -2.23. The highest BCUT2D eigenvalue weighted by atomic mass is 19.1. The number of methoxy groups -OCH3 is 2. The first-order chi connectivity index (χ1) is 10.7. The number of carbonyl (C=O) groups excluding carboxylic acids is 2. The minimum atomic E-state index is -1.02. The van der Waals surface area contributed by atoms with E-state index in [4.69, 9.17) is 9.47 Å². The van der Waals surface area contributed by atoms with Crippen LogP contribution in [0.1, 0.15) is 26.3 Å². The number of halogens is 1. The number of hydrogen-bond donors (Lipinski definition) is 1. The van der Waals surface area contributed by atoms with Crippen molar-refractivity contribution in [2.24, 2.45) is 0 Å². The van der Waals surface area contributed by atoms with Gasteiger partial charge in [-0.05, 0) is 32.4 Å². The SMILES string of the molecule is COC(=O)C(Cc1cccc(F)c1OC)NC(=O)OC(C)(C)C. The Morgan fingerprint density at radius 2 is 1.91 bits per heavy atom. The topological polar surface area (TPSA) is 73.9 Å². The van der Waals surface area contributed by atoms with E-state index in [2.05, 4.69) is 10.1 Å². The highest BCUT2D eigenvalue weighted by molar-refractivity contribution is 5.81. The summed E-state index contributed by atoms with van der Waals surface area (Å²) in [4.78, 5) is 23.7. The molecule has 0 saturated heterocycles. The number of benzene rings is 1. The summed E-state index contributed by atoms with van der Waals surface area (Å²) in [5.74, 6) is -1.19. The van der Waals surface area contributed by atoms with Crippen molar-refractivity contribution in [1.82, 2.24) is 5.32 Å². The molecule has 1 unspecified atom stereocenters. The molecule has 1 atom stereocenters. The van der Waals surface area contributed by atoms with E-state index in [0.29, 0.717) is 5.56 Å². The van der Waals surface area contributed by atoms with Gasteiger partial charge in [0.15, 0.2) is 11.6 Å². The third-order valence-corrected chi connectivity index (χ3v) is 2.85. The summed E-state index contributed by atoms with van der Waals surface area (Å²) in [7, 11) is 2.53. The van der Waals surface area contributed by atoms with Gasteiger partial charge in [-0.2, -0.15) is 0 Å². The second kappa shape index (κ2) is 7.80. The number of esters is 1. The van der Waals surface area contributed by atoms with Crippen molar-refractivity contribution < 1.29 is 28.2 Å². The van der Waals surface area contributed by atoms with Crippen LogP contribution in [0.3, 0.4) is 0 Å². The van der Waals surface area contributed by atoms with Crippen LogP contribution >= 0.6 is 0 Å². The van der Waals surface area contributed by atoms with Gasteiger partial charge < -0.3 is 19.5 Å². The molecule has 0 aromatic heterocycles. The number of para-hydroxylation sites is 1. The Kier molecular flexibility index (Phi) is 6.36. The average Bonchev–Trinajstić information content (AvgIpc) is 2.44. The van der Waals surface area contributed by atoms with Crippen LogP contribution in [0.2, 0.25) is 0 Å². The van der Waals surface area contributed by atoms with E-state index in [0.717, 1.165) is 0 Å². The van der Waals surface area contributed by atoms with Gasteiger partial charge in [-0.25, -0.2) is 14.0 Å². The molecular weight excluding hydrogens is 305 g/mol. The van der Waals surface area contributed by atoms with Crippen molar-refractivity contribution >= 4 is 12.1 Å². The molecule has 23 heavy (non-hydrogen) atoms. The van der Waals surface area contributed by atoms with E-state index in [1.165, 1.54) is 26.4 Å². The largest absolute Gasteiger partial charge is 0.493 e. The maximum atomic E-state index is 13.7. The Morgan fingerprint density at radius 3 is 2.43 bits per heavy atom. The predicted molar refractivity (Wildman–Crippen MR) is 81.8 cm³/mol. The molecule has 7 heteroatoms. The quantitative estimate of drug-likeness (QED) is 0.841. The van der Waals surface area contributed by atoms with E-state index < -0.39 is 29.5 Å². The fourth-order valence-electron chi connectivity index (χ4n) is 1.95. The molecule has 0 spiro atoms. The smallest absolute Gasteiger partial charge is 0.408 e. The molecule has 1 aromatic carbocycles. The number of carbonyl (C=O) groups is 2. The van der Waals surface area contributed by atoms with Crippen LogP contribution in [0.4, 0.5) is 9.18 Å². The molecule has 1 rings (SSSR count). The van der Waals surface area contributed by atoms with E-state index in [-0.39, 0.29) is 12.2 Å². The van der Waals surface area contributed by atoms with Crippen LogP contribution in [0.15, 0.2) is 18.2 Å². The van der Waals surface area contributed by atoms with Gasteiger partial charge in [0.2, 0.25) is 0 Å². The Labute approximate surface area is 134 Å². The summed E-state index contributed by atoms with van der Waals surface area (Å²) >= 11 is 0. The minimum Gasteiger partial charge on any atom is -0.493 e. The molecule has 0 bridgehead atoms. The van der Waals surface area contributed by atoms with Gasteiger partial charge in [-0.3, -0.25) is 0 Å². The molecule has 0 saturated carbocycles. The van der Waals surface area contributed by atoms with Crippen molar-refractivity contribution in [3.63, 3.8) is 0 Å². The maximum absolute atomic E-state index is 13.7. The molecule has 0 aliphatic heterocycles. The fraction of sp³-hybridized carbons (Fsp3) is 0.500. The molecule has 1 N–H and O–H groups in total. The van der Waals surface area contributed by atoms with Crippen LogP contribution in [0.25, 0.3) is 0 Å². The zero-order valence-corrected chi connectivity index (χ0v) is 13.9. The normalized spacial score (nSPS) is 12.3. The molecule has 0 heterocycles. The number of nitrogens with one attached hydrogen (secondary N) is 1. The first-order valence-electron chi connectivity index (χ1n) is 7.06. The highest BCUT2D eigenvalue weighted by Gasteiger charge is 2.26. The molecule has 0 fully saturated rings. The van der Waals surface area contributed by atoms with E-state index in [1.54, 1.807) is 26.8 Å². The molecule has 128 valence electrons. The number of alkyl carbamates (subject to hydrolysis) is 1. The summed E-state index contributed by atoms with van der Waals surface area (Å²) < 4.78 is 28.5. The van der Waals surface area contributed by atoms with Crippen LogP contribution in [0.5, 0.6) is 5.75 Å². The monoisotopic (exact) mass is 327 g/mol. The van der Waals surface area contributed by atoms with Gasteiger partial charge in [0, 0.05) is 6.42 Å². The molecule has 1 amide bonds. The summed E-state index contributed by atoms with van der Waals surface area (Å²) in [5.41, 5.74) is -0.277. The van der Waals surface area contributed by atoms with Gasteiger partial charge in [-0.15, -0.1) is 0 Å². The first kappa shape index (κ1) is 18.7. The van der Waals surface area contributed by atoms with Crippen LogP contribution in [-0.4, -0.2) is 37.9 Å². The Balaban J connectivity index is 2.94. The highest BCUT2D eigenvalue weighted by Crippen LogP contribution is 2.23. The second-order valence-electron chi connectivity index (χ2n) is 5.86. The van der Waals surface area contributed by atoms with Crippen LogP contribution < -0.4 is 10.1 Å². The summed E-state index contributed by atoms with van der Waals surface area (Å²) in [6.07, 6.45) is -0.754. The lowest BCUT2D eigenvalue weighted by atomic mass is 10.0. The number of ether oxygens (including phenoxy) is 3. The number of amides is 1. The summed E-state index contributed by atoms with van der Waals surface area (Å²) in [6, 6.07) is 3.32. The summed E-state index contributed by atoms with van der Waals surface area (Å²) in [6.45, 7) is 5.11. The average molecular weight is 327 g/mol. The molecule has 6 nitrogen and oxygen atoms in total. The standard InChI is InChI=1S/C16H22FNO5/c1-16(2,3)23-15(20)18-12(14(19)22-5)9-10-7-6-8-11(17)13(10)21-4/h6-8,12H,9H2,1-5H3,(H,18,20). The van der Waals surface area contributed by atoms with Gasteiger partial charge >= 0.3 is 12.1 Å². The molecular formula is C16H22FNO5. The minimum absolute atomic E-state index is 0.00680. The van der Waals surface area contributed by atoms with Crippen molar-refractivity contribution in [3.8, 4) is 5.75 Å². The molecule has 0 aliphatic carbocycles. The van der Waals surface area contributed by atoms with Crippen LogP contribution in [-0.2, 0) is 20.7 Å². The van der Waals surface area contributed by atoms with E-state index in [9.17, 15) is 14.0 Å². The maximum Gasteiger partial charge on any atom is 0.408 e. The Morgan fingerprint density at radius 1 is 1.26 bits per heavy atom.